The lowest BCUT2D eigenvalue weighted by Gasteiger charge is -2.24. The maximum absolute atomic E-state index is 12.8. The second kappa shape index (κ2) is 7.27. The zero-order chi connectivity index (χ0) is 16.1. The van der Waals surface area contributed by atoms with Gasteiger partial charge in [0.25, 0.3) is 5.91 Å². The Morgan fingerprint density at radius 1 is 1.22 bits per heavy atom. The van der Waals surface area contributed by atoms with E-state index in [9.17, 15) is 4.79 Å². The molecule has 4 nitrogen and oxygen atoms in total. The van der Waals surface area contributed by atoms with E-state index >= 15 is 0 Å². The number of nitrogens with zero attached hydrogens (tertiary/aromatic N) is 2. The van der Waals surface area contributed by atoms with Crippen molar-refractivity contribution in [2.75, 3.05) is 13.1 Å². The monoisotopic (exact) mass is 310 g/mol. The molecule has 0 spiro atoms. The van der Waals surface area contributed by atoms with Crippen molar-refractivity contribution in [3.8, 4) is 5.75 Å². The second-order valence-corrected chi connectivity index (χ2v) is 5.81. The molecule has 0 unspecified atom stereocenters. The SMILES string of the molecule is CCCN(CCc1ccccn1)C(=O)[C@H]1Cc2ccccc2O1. The highest BCUT2D eigenvalue weighted by Gasteiger charge is 2.31. The molecule has 1 aromatic carbocycles. The van der Waals surface area contributed by atoms with Crippen LogP contribution in [0.5, 0.6) is 5.75 Å². The molecule has 0 saturated heterocycles. The van der Waals surface area contributed by atoms with E-state index in [1.807, 2.05) is 47.4 Å². The van der Waals surface area contributed by atoms with Gasteiger partial charge in [0.1, 0.15) is 5.75 Å². The lowest BCUT2D eigenvalue weighted by molar-refractivity contribution is -0.138. The first-order valence-electron chi connectivity index (χ1n) is 8.21. The molecular formula is C19H22N2O2. The first kappa shape index (κ1) is 15.5. The van der Waals surface area contributed by atoms with Gasteiger partial charge in [0.2, 0.25) is 0 Å². The number of aromatic nitrogens is 1. The molecule has 0 aliphatic carbocycles. The summed E-state index contributed by atoms with van der Waals surface area (Å²) >= 11 is 0. The predicted molar refractivity (Wildman–Crippen MR) is 89.4 cm³/mol. The van der Waals surface area contributed by atoms with Crippen molar-refractivity contribution in [2.24, 2.45) is 0 Å². The number of pyridine rings is 1. The van der Waals surface area contributed by atoms with Crippen molar-refractivity contribution in [2.45, 2.75) is 32.3 Å². The number of ether oxygens (including phenoxy) is 1. The van der Waals surface area contributed by atoms with Crippen LogP contribution < -0.4 is 4.74 Å². The van der Waals surface area contributed by atoms with Gasteiger partial charge in [-0.25, -0.2) is 0 Å². The van der Waals surface area contributed by atoms with Crippen molar-refractivity contribution in [1.29, 1.82) is 0 Å². The van der Waals surface area contributed by atoms with E-state index in [1.54, 1.807) is 6.20 Å². The van der Waals surface area contributed by atoms with E-state index in [0.717, 1.165) is 36.4 Å². The summed E-state index contributed by atoms with van der Waals surface area (Å²) < 4.78 is 5.84. The second-order valence-electron chi connectivity index (χ2n) is 5.81. The van der Waals surface area contributed by atoms with E-state index in [4.69, 9.17) is 4.74 Å². The Morgan fingerprint density at radius 3 is 2.78 bits per heavy atom. The third-order valence-electron chi connectivity index (χ3n) is 4.09. The van der Waals surface area contributed by atoms with Gasteiger partial charge in [0.15, 0.2) is 6.10 Å². The molecule has 3 rings (SSSR count). The molecule has 0 N–H and O–H groups in total. The Hall–Kier alpha value is -2.36. The van der Waals surface area contributed by atoms with Crippen LogP contribution in [0.3, 0.4) is 0 Å². The highest BCUT2D eigenvalue weighted by atomic mass is 16.5. The molecule has 1 atom stereocenters. The van der Waals surface area contributed by atoms with Gasteiger partial charge in [-0.15, -0.1) is 0 Å². The van der Waals surface area contributed by atoms with Crippen LogP contribution in [0.4, 0.5) is 0 Å². The average Bonchev–Trinajstić information content (AvgIpc) is 3.03. The van der Waals surface area contributed by atoms with E-state index in [2.05, 4.69) is 11.9 Å². The number of carbonyl (C=O) groups is 1. The summed E-state index contributed by atoms with van der Waals surface area (Å²) in [6.07, 6.45) is 3.78. The van der Waals surface area contributed by atoms with Crippen LogP contribution in [0.1, 0.15) is 24.6 Å². The van der Waals surface area contributed by atoms with Crippen molar-refractivity contribution in [3.05, 3.63) is 59.9 Å². The van der Waals surface area contributed by atoms with Crippen LogP contribution >= 0.6 is 0 Å². The number of para-hydroxylation sites is 1. The quantitative estimate of drug-likeness (QED) is 0.824. The van der Waals surface area contributed by atoms with Crippen LogP contribution in [-0.2, 0) is 17.6 Å². The van der Waals surface area contributed by atoms with Crippen molar-refractivity contribution < 1.29 is 9.53 Å². The zero-order valence-electron chi connectivity index (χ0n) is 13.4. The number of hydrogen-bond acceptors (Lipinski definition) is 3. The summed E-state index contributed by atoms with van der Waals surface area (Å²) in [5.41, 5.74) is 2.13. The number of rotatable bonds is 6. The number of benzene rings is 1. The van der Waals surface area contributed by atoms with Crippen molar-refractivity contribution in [1.82, 2.24) is 9.88 Å². The maximum atomic E-state index is 12.8. The molecule has 1 aliphatic rings. The van der Waals surface area contributed by atoms with Gasteiger partial charge >= 0.3 is 0 Å². The molecule has 1 aromatic heterocycles. The van der Waals surface area contributed by atoms with Gasteiger partial charge in [-0.1, -0.05) is 31.2 Å². The summed E-state index contributed by atoms with van der Waals surface area (Å²) in [7, 11) is 0. The summed E-state index contributed by atoms with van der Waals surface area (Å²) in [5, 5.41) is 0. The average molecular weight is 310 g/mol. The highest BCUT2D eigenvalue weighted by Crippen LogP contribution is 2.29. The van der Waals surface area contributed by atoms with Crippen LogP contribution in [-0.4, -0.2) is 35.0 Å². The summed E-state index contributed by atoms with van der Waals surface area (Å²) in [6.45, 7) is 3.52. The fourth-order valence-electron chi connectivity index (χ4n) is 2.92. The molecular weight excluding hydrogens is 288 g/mol. The molecule has 0 radical (unpaired) electrons. The van der Waals surface area contributed by atoms with Crippen LogP contribution in [0.15, 0.2) is 48.7 Å². The Morgan fingerprint density at radius 2 is 2.04 bits per heavy atom. The molecule has 0 saturated carbocycles. The minimum atomic E-state index is -0.386. The van der Waals surface area contributed by atoms with Gasteiger partial charge in [0.05, 0.1) is 0 Å². The number of fused-ring (bicyclic) bond motifs is 1. The van der Waals surface area contributed by atoms with Crippen molar-refractivity contribution >= 4 is 5.91 Å². The number of hydrogen-bond donors (Lipinski definition) is 0. The topological polar surface area (TPSA) is 42.4 Å². The highest BCUT2D eigenvalue weighted by molar-refractivity contribution is 5.82. The van der Waals surface area contributed by atoms with Gasteiger partial charge in [0, 0.05) is 37.8 Å². The number of carbonyl (C=O) groups excluding carboxylic acids is 1. The molecule has 1 amide bonds. The van der Waals surface area contributed by atoms with Gasteiger partial charge in [-0.3, -0.25) is 9.78 Å². The molecule has 0 bridgehead atoms. The Kier molecular flexibility index (Phi) is 4.91. The molecule has 1 aliphatic heterocycles. The molecule has 23 heavy (non-hydrogen) atoms. The summed E-state index contributed by atoms with van der Waals surface area (Å²) in [4.78, 5) is 19.0. The number of amides is 1. The Bertz CT molecular complexity index is 632. The first-order chi connectivity index (χ1) is 11.3. The smallest absolute Gasteiger partial charge is 0.264 e. The molecule has 2 aromatic rings. The molecule has 4 heteroatoms. The standard InChI is InChI=1S/C19H22N2O2/c1-2-12-21(13-10-16-8-5-6-11-20-16)19(22)18-14-15-7-3-4-9-17(15)23-18/h3-9,11,18H,2,10,12-14H2,1H3/t18-/m1/s1. The van der Waals surface area contributed by atoms with Crippen molar-refractivity contribution in [3.63, 3.8) is 0 Å². The first-order valence-corrected chi connectivity index (χ1v) is 8.21. The largest absolute Gasteiger partial charge is 0.480 e. The maximum Gasteiger partial charge on any atom is 0.264 e. The summed E-state index contributed by atoms with van der Waals surface area (Å²) in [5.74, 6) is 0.922. The zero-order valence-corrected chi connectivity index (χ0v) is 13.4. The fraction of sp³-hybridized carbons (Fsp3) is 0.368. The van der Waals surface area contributed by atoms with Gasteiger partial charge < -0.3 is 9.64 Å². The van der Waals surface area contributed by atoms with Gasteiger partial charge in [-0.2, -0.15) is 0 Å². The van der Waals surface area contributed by atoms with E-state index < -0.39 is 0 Å². The third-order valence-corrected chi connectivity index (χ3v) is 4.09. The third kappa shape index (κ3) is 3.70. The minimum absolute atomic E-state index is 0.0824. The summed E-state index contributed by atoms with van der Waals surface area (Å²) in [6, 6.07) is 13.8. The predicted octanol–water partition coefficient (Wildman–Crippen LogP) is 2.87. The van der Waals surface area contributed by atoms with E-state index in [-0.39, 0.29) is 12.0 Å². The van der Waals surface area contributed by atoms with Crippen LogP contribution in [0.2, 0.25) is 0 Å². The van der Waals surface area contributed by atoms with E-state index in [0.29, 0.717) is 13.0 Å². The van der Waals surface area contributed by atoms with Crippen LogP contribution in [0, 0.1) is 0 Å². The lowest BCUT2D eigenvalue weighted by Crippen LogP contribution is -2.42. The Labute approximate surface area is 137 Å². The normalized spacial score (nSPS) is 15.8. The van der Waals surface area contributed by atoms with Crippen LogP contribution in [0.25, 0.3) is 0 Å². The molecule has 120 valence electrons. The Balaban J connectivity index is 1.63. The fourth-order valence-corrected chi connectivity index (χ4v) is 2.92. The van der Waals surface area contributed by atoms with Gasteiger partial charge in [-0.05, 0) is 30.2 Å². The van der Waals surface area contributed by atoms with E-state index in [1.165, 1.54) is 0 Å². The molecule has 2 heterocycles. The molecule has 0 fully saturated rings. The lowest BCUT2D eigenvalue weighted by atomic mass is 10.1. The minimum Gasteiger partial charge on any atom is -0.480 e.